The molecule has 0 aliphatic rings. The van der Waals surface area contributed by atoms with E-state index in [2.05, 4.69) is 20.9 Å². The van der Waals surface area contributed by atoms with Gasteiger partial charge in [0.2, 0.25) is 17.7 Å². The molecule has 0 saturated carbocycles. The van der Waals surface area contributed by atoms with Crippen molar-refractivity contribution >= 4 is 45.5 Å². The van der Waals surface area contributed by atoms with Crippen LogP contribution in [0.2, 0.25) is 0 Å². The first kappa shape index (κ1) is 29.8. The number of ether oxygens (including phenoxy) is 1. The molecule has 0 spiro atoms. The molecule has 0 fully saturated rings. The number of nitrogens with one attached hydrogen (secondary N) is 3. The lowest BCUT2D eigenvalue weighted by Gasteiger charge is -2.22. The molecule has 2 rings (SSSR count). The van der Waals surface area contributed by atoms with E-state index in [0.717, 1.165) is 15.9 Å². The summed E-state index contributed by atoms with van der Waals surface area (Å²) >= 11 is 1.32. The molecule has 3 amide bonds. The first-order valence-corrected chi connectivity index (χ1v) is 14.2. The number of imidazole rings is 1. The number of hydrogen-bond donors (Lipinski definition) is 3. The van der Waals surface area contributed by atoms with Gasteiger partial charge in [-0.25, -0.2) is 17.4 Å². The average molecular weight is 554 g/mol. The second-order valence-corrected chi connectivity index (χ2v) is 10.8. The molecular weight excluding hydrogens is 522 g/mol. The lowest BCUT2D eigenvalue weighted by Crippen LogP contribution is -2.55. The molecule has 202 valence electrons. The van der Waals surface area contributed by atoms with Gasteiger partial charge in [0.05, 0.1) is 17.2 Å². The number of benzene rings is 1. The van der Waals surface area contributed by atoms with Crippen molar-refractivity contribution in [1.82, 2.24) is 24.9 Å². The Kier molecular flexibility index (Phi) is 11.1. The Morgan fingerprint density at radius 3 is 2.35 bits per heavy atom. The number of carbonyl (C=O) groups is 4. The summed E-state index contributed by atoms with van der Waals surface area (Å²) < 4.78 is 31.6. The normalized spacial score (nSPS) is 12.8. The topological polar surface area (TPSA) is 166 Å². The minimum Gasteiger partial charge on any atom is -0.465 e. The van der Waals surface area contributed by atoms with Crippen LogP contribution in [0.25, 0.3) is 0 Å². The van der Waals surface area contributed by atoms with E-state index in [-0.39, 0.29) is 29.4 Å². The van der Waals surface area contributed by atoms with Gasteiger partial charge in [-0.2, -0.15) is 11.8 Å². The fourth-order valence-electron chi connectivity index (χ4n) is 3.19. The summed E-state index contributed by atoms with van der Waals surface area (Å²) in [5.41, 5.74) is 1.10. The van der Waals surface area contributed by atoms with Crippen LogP contribution in [-0.2, 0) is 40.4 Å². The van der Waals surface area contributed by atoms with Crippen LogP contribution in [0, 0.1) is 6.92 Å². The lowest BCUT2D eigenvalue weighted by atomic mass is 10.1. The van der Waals surface area contributed by atoms with Crippen molar-refractivity contribution in [3.8, 4) is 0 Å². The highest BCUT2D eigenvalue weighted by molar-refractivity contribution is 7.98. The molecular formula is C23H31N5O7S2. The molecule has 1 aromatic heterocycles. The van der Waals surface area contributed by atoms with Gasteiger partial charge in [0.15, 0.2) is 0 Å². The molecule has 0 radical (unpaired) electrons. The number of carbonyl (C=O) groups excluding carboxylic acids is 4. The smallest absolute Gasteiger partial charge is 0.325 e. The van der Waals surface area contributed by atoms with Crippen molar-refractivity contribution in [2.45, 2.75) is 44.2 Å². The summed E-state index contributed by atoms with van der Waals surface area (Å²) in [6, 6.07) is 4.17. The maximum absolute atomic E-state index is 12.9. The predicted octanol–water partition coefficient (Wildman–Crippen LogP) is 0.00282. The SMILES string of the molecule is CCOC(=O)CNC(=O)[C@H](Cc1cn(S(=O)(=O)c2ccc(C)cc2)cn1)NC(=O)[C@H](CSC)NC(C)=O. The van der Waals surface area contributed by atoms with Gasteiger partial charge in [0.25, 0.3) is 10.0 Å². The summed E-state index contributed by atoms with van der Waals surface area (Å²) in [6.45, 7) is 4.44. The molecule has 0 aliphatic heterocycles. The number of aryl methyl sites for hydroxylation is 1. The quantitative estimate of drug-likeness (QED) is 0.290. The van der Waals surface area contributed by atoms with E-state index in [1.165, 1.54) is 37.0 Å². The van der Waals surface area contributed by atoms with Crippen LogP contribution in [0.5, 0.6) is 0 Å². The molecule has 12 nitrogen and oxygen atoms in total. The number of hydrogen-bond acceptors (Lipinski definition) is 9. The molecule has 1 heterocycles. The molecule has 0 unspecified atom stereocenters. The van der Waals surface area contributed by atoms with E-state index in [9.17, 15) is 27.6 Å². The molecule has 1 aromatic carbocycles. The van der Waals surface area contributed by atoms with Crippen molar-refractivity contribution in [3.05, 3.63) is 48.0 Å². The van der Waals surface area contributed by atoms with Gasteiger partial charge in [0, 0.05) is 25.3 Å². The summed E-state index contributed by atoms with van der Waals surface area (Å²) in [7, 11) is -3.92. The van der Waals surface area contributed by atoms with E-state index >= 15 is 0 Å². The van der Waals surface area contributed by atoms with E-state index in [1.807, 2.05) is 6.92 Å². The van der Waals surface area contributed by atoms with Crippen molar-refractivity contribution < 1.29 is 32.3 Å². The maximum Gasteiger partial charge on any atom is 0.325 e. The Labute approximate surface area is 220 Å². The Bertz CT molecular complexity index is 1210. The first-order valence-electron chi connectivity index (χ1n) is 11.3. The van der Waals surface area contributed by atoms with Gasteiger partial charge >= 0.3 is 5.97 Å². The maximum atomic E-state index is 12.9. The zero-order valence-electron chi connectivity index (χ0n) is 21.0. The molecule has 2 atom stereocenters. The molecule has 2 aromatic rings. The summed E-state index contributed by atoms with van der Waals surface area (Å²) in [4.78, 5) is 53.1. The standard InChI is InChI=1S/C23H31N5O7S2/c1-5-35-21(30)11-24-22(31)19(27-23(32)20(13-36-4)26-16(3)29)10-17-12-28(14-25-17)37(33,34)18-8-6-15(2)7-9-18/h6-9,12,14,19-20H,5,10-11,13H2,1-4H3,(H,24,31)(H,26,29)(H,27,32)/t19-,20-/m0/s1. The largest absolute Gasteiger partial charge is 0.465 e. The van der Waals surface area contributed by atoms with Crippen molar-refractivity contribution in [1.29, 1.82) is 0 Å². The van der Waals surface area contributed by atoms with Gasteiger partial charge < -0.3 is 20.7 Å². The number of amides is 3. The fraction of sp³-hybridized carbons (Fsp3) is 0.435. The van der Waals surface area contributed by atoms with Crippen molar-refractivity contribution in [2.75, 3.05) is 25.2 Å². The average Bonchev–Trinajstić information content (AvgIpc) is 3.31. The number of thioether (sulfide) groups is 1. The lowest BCUT2D eigenvalue weighted by molar-refractivity contribution is -0.143. The summed E-state index contributed by atoms with van der Waals surface area (Å²) in [5, 5.41) is 7.49. The van der Waals surface area contributed by atoms with E-state index < -0.39 is 52.3 Å². The van der Waals surface area contributed by atoms with Gasteiger partial charge in [-0.15, -0.1) is 0 Å². The molecule has 0 saturated heterocycles. The number of rotatable bonds is 13. The number of nitrogens with zero attached hydrogens (tertiary/aromatic N) is 2. The Morgan fingerprint density at radius 2 is 1.76 bits per heavy atom. The highest BCUT2D eigenvalue weighted by Gasteiger charge is 2.28. The van der Waals surface area contributed by atoms with Crippen LogP contribution >= 0.6 is 11.8 Å². The Hall–Kier alpha value is -3.39. The second kappa shape index (κ2) is 13.8. The van der Waals surface area contributed by atoms with Crippen LogP contribution in [-0.4, -0.2) is 78.3 Å². The summed E-state index contributed by atoms with van der Waals surface area (Å²) in [5.74, 6) is -2.15. The zero-order chi connectivity index (χ0) is 27.6. The molecule has 37 heavy (non-hydrogen) atoms. The number of aromatic nitrogens is 2. The third-order valence-electron chi connectivity index (χ3n) is 5.00. The zero-order valence-corrected chi connectivity index (χ0v) is 22.6. The molecule has 0 aliphatic carbocycles. The fourth-order valence-corrected chi connectivity index (χ4v) is 4.92. The van der Waals surface area contributed by atoms with Crippen LogP contribution in [0.15, 0.2) is 41.7 Å². The monoisotopic (exact) mass is 553 g/mol. The Balaban J connectivity index is 2.26. The predicted molar refractivity (Wildman–Crippen MR) is 137 cm³/mol. The number of esters is 1. The third-order valence-corrected chi connectivity index (χ3v) is 7.29. The van der Waals surface area contributed by atoms with E-state index in [1.54, 1.807) is 25.3 Å². The van der Waals surface area contributed by atoms with Gasteiger partial charge in [0.1, 0.15) is 25.0 Å². The van der Waals surface area contributed by atoms with Crippen LogP contribution in [0.4, 0.5) is 0 Å². The first-order chi connectivity index (χ1) is 17.5. The van der Waals surface area contributed by atoms with Gasteiger partial charge in [-0.3, -0.25) is 19.2 Å². The van der Waals surface area contributed by atoms with Crippen LogP contribution in [0.1, 0.15) is 25.1 Å². The van der Waals surface area contributed by atoms with Crippen molar-refractivity contribution in [2.24, 2.45) is 0 Å². The highest BCUT2D eigenvalue weighted by atomic mass is 32.2. The van der Waals surface area contributed by atoms with Gasteiger partial charge in [-0.1, -0.05) is 17.7 Å². The molecule has 14 heteroatoms. The van der Waals surface area contributed by atoms with Crippen LogP contribution in [0.3, 0.4) is 0 Å². The van der Waals surface area contributed by atoms with Crippen LogP contribution < -0.4 is 16.0 Å². The summed E-state index contributed by atoms with van der Waals surface area (Å²) in [6.07, 6.45) is 3.93. The molecule has 3 N–H and O–H groups in total. The minimum atomic E-state index is -3.92. The highest BCUT2D eigenvalue weighted by Crippen LogP contribution is 2.15. The van der Waals surface area contributed by atoms with E-state index in [0.29, 0.717) is 0 Å². The minimum absolute atomic E-state index is 0.0642. The van der Waals surface area contributed by atoms with Gasteiger partial charge in [-0.05, 0) is 32.2 Å². The van der Waals surface area contributed by atoms with Crippen molar-refractivity contribution in [3.63, 3.8) is 0 Å². The second-order valence-electron chi connectivity index (χ2n) is 8.01. The molecule has 0 bridgehead atoms. The Morgan fingerprint density at radius 1 is 1.08 bits per heavy atom. The third kappa shape index (κ3) is 8.89. The van der Waals surface area contributed by atoms with E-state index in [4.69, 9.17) is 4.74 Å².